The van der Waals surface area contributed by atoms with Gasteiger partial charge in [-0.05, 0) is 53.6 Å². The quantitative estimate of drug-likeness (QED) is 0.276. The van der Waals surface area contributed by atoms with Gasteiger partial charge in [-0.2, -0.15) is 0 Å². The topological polar surface area (TPSA) is 86.8 Å². The molecule has 9 heteroatoms. The largest absolute Gasteiger partial charge is 0.352 e. The van der Waals surface area contributed by atoms with Crippen molar-refractivity contribution in [1.29, 1.82) is 0 Å². The van der Waals surface area contributed by atoms with E-state index in [0.717, 1.165) is 47.4 Å². The Morgan fingerprint density at radius 2 is 1.55 bits per heavy atom. The predicted octanol–water partition coefficient (Wildman–Crippen LogP) is 5.93. The van der Waals surface area contributed by atoms with Crippen LogP contribution < -0.4 is 9.62 Å². The zero-order valence-electron chi connectivity index (χ0n) is 24.5. The molecule has 3 aromatic rings. The first-order valence-electron chi connectivity index (χ1n) is 14.5. The van der Waals surface area contributed by atoms with E-state index in [9.17, 15) is 18.0 Å². The molecule has 0 bridgehead atoms. The third kappa shape index (κ3) is 8.35. The van der Waals surface area contributed by atoms with Gasteiger partial charge in [0.25, 0.3) is 0 Å². The molecule has 2 amide bonds. The Morgan fingerprint density at radius 3 is 2.14 bits per heavy atom. The zero-order valence-corrected chi connectivity index (χ0v) is 26.1. The number of nitrogens with one attached hydrogen (secondary N) is 1. The highest BCUT2D eigenvalue weighted by molar-refractivity contribution is 7.92. The van der Waals surface area contributed by atoms with E-state index < -0.39 is 28.5 Å². The maximum atomic E-state index is 14.2. The molecule has 3 aromatic carbocycles. The van der Waals surface area contributed by atoms with Gasteiger partial charge >= 0.3 is 0 Å². The van der Waals surface area contributed by atoms with Crippen LogP contribution in [0.4, 0.5) is 5.69 Å². The number of benzene rings is 3. The van der Waals surface area contributed by atoms with Crippen molar-refractivity contribution in [2.75, 3.05) is 17.1 Å². The second-order valence-electron chi connectivity index (χ2n) is 11.3. The summed E-state index contributed by atoms with van der Waals surface area (Å²) in [6.45, 7) is 3.72. The molecule has 1 aliphatic rings. The van der Waals surface area contributed by atoms with Crippen molar-refractivity contribution < 1.29 is 18.0 Å². The number of carbonyl (C=O) groups is 2. The minimum atomic E-state index is -3.82. The van der Waals surface area contributed by atoms with E-state index in [0.29, 0.717) is 16.3 Å². The second-order valence-corrected chi connectivity index (χ2v) is 13.6. The van der Waals surface area contributed by atoms with E-state index in [1.165, 1.54) is 4.90 Å². The Hall–Kier alpha value is -3.36. The van der Waals surface area contributed by atoms with Crippen molar-refractivity contribution in [2.24, 2.45) is 0 Å². The van der Waals surface area contributed by atoms with Crippen LogP contribution in [0, 0.1) is 0 Å². The molecule has 1 aliphatic carbocycles. The first-order valence-corrected chi connectivity index (χ1v) is 16.7. The minimum absolute atomic E-state index is 0.0536. The number of carbonyl (C=O) groups excluding carboxylic acids is 2. The lowest BCUT2D eigenvalue weighted by Crippen LogP contribution is -2.54. The summed E-state index contributed by atoms with van der Waals surface area (Å²) >= 11 is 6.52. The van der Waals surface area contributed by atoms with Crippen molar-refractivity contribution >= 4 is 39.1 Å². The summed E-state index contributed by atoms with van der Waals surface area (Å²) in [4.78, 5) is 29.6. The van der Waals surface area contributed by atoms with Gasteiger partial charge in [-0.15, -0.1) is 0 Å². The Bertz CT molecular complexity index is 1460. The number of anilines is 1. The zero-order chi connectivity index (χ0) is 30.3. The molecular formula is C33H40ClN3O4S. The fourth-order valence-electron chi connectivity index (χ4n) is 5.37. The summed E-state index contributed by atoms with van der Waals surface area (Å²) in [6.07, 6.45) is 5.26. The summed E-state index contributed by atoms with van der Waals surface area (Å²) in [5.41, 5.74) is 3.02. The molecule has 0 spiro atoms. The molecule has 42 heavy (non-hydrogen) atoms. The van der Waals surface area contributed by atoms with Crippen molar-refractivity contribution in [2.45, 2.75) is 70.5 Å². The highest BCUT2D eigenvalue weighted by atomic mass is 35.5. The van der Waals surface area contributed by atoms with Crippen LogP contribution in [-0.2, 0) is 32.6 Å². The van der Waals surface area contributed by atoms with Gasteiger partial charge in [0.1, 0.15) is 12.6 Å². The van der Waals surface area contributed by atoms with Gasteiger partial charge < -0.3 is 10.2 Å². The molecule has 0 heterocycles. The number of sulfonamides is 1. The summed E-state index contributed by atoms with van der Waals surface area (Å²) in [7, 11) is -3.82. The molecule has 0 aliphatic heterocycles. The predicted molar refractivity (Wildman–Crippen MR) is 169 cm³/mol. The number of hydrogen-bond donors (Lipinski definition) is 1. The third-order valence-corrected chi connectivity index (χ3v) is 9.31. The number of amides is 2. The summed E-state index contributed by atoms with van der Waals surface area (Å²) in [5.74, 6) is -0.468. The van der Waals surface area contributed by atoms with Gasteiger partial charge in [-0.3, -0.25) is 13.9 Å². The van der Waals surface area contributed by atoms with E-state index in [2.05, 4.69) is 19.2 Å². The van der Waals surface area contributed by atoms with Gasteiger partial charge in [0.05, 0.1) is 11.9 Å². The molecule has 0 radical (unpaired) electrons. The molecule has 1 saturated carbocycles. The van der Waals surface area contributed by atoms with E-state index in [1.807, 2.05) is 54.6 Å². The van der Waals surface area contributed by atoms with Gasteiger partial charge in [-0.25, -0.2) is 8.42 Å². The summed E-state index contributed by atoms with van der Waals surface area (Å²) < 4.78 is 27.1. The van der Waals surface area contributed by atoms with Crippen LogP contribution in [0.1, 0.15) is 62.1 Å². The van der Waals surface area contributed by atoms with Crippen molar-refractivity contribution in [3.05, 3.63) is 101 Å². The smallest absolute Gasteiger partial charge is 0.244 e. The van der Waals surface area contributed by atoms with Crippen molar-refractivity contribution in [1.82, 2.24) is 10.2 Å². The standard InChI is InChI=1S/C33H40ClN3O4S/c1-24(2)26-17-19-29(20-18-26)37(42(3,40)41)23-32(38)36(22-27-13-7-10-16-30(27)34)31(21-25-11-5-4-6-12-25)33(39)35-28-14-8-9-15-28/h4-7,10-13,16-20,24,28,31H,8-9,14-15,21-23H2,1-3H3,(H,35,39)/t31-/m0/s1. The average Bonchev–Trinajstić information content (AvgIpc) is 3.47. The first kappa shape index (κ1) is 31.6. The fourth-order valence-corrected chi connectivity index (χ4v) is 6.42. The third-order valence-electron chi connectivity index (χ3n) is 7.80. The first-order chi connectivity index (χ1) is 20.0. The lowest BCUT2D eigenvalue weighted by atomic mass is 10.0. The number of nitrogens with zero attached hydrogens (tertiary/aromatic N) is 2. The SMILES string of the molecule is CC(C)c1ccc(N(CC(=O)N(Cc2ccccc2Cl)[C@@H](Cc2ccccc2)C(=O)NC2CCCC2)S(C)(=O)=O)cc1. The van der Waals surface area contributed by atoms with E-state index in [1.54, 1.807) is 24.3 Å². The average molecular weight is 610 g/mol. The molecule has 224 valence electrons. The Labute approximate surface area is 254 Å². The van der Waals surface area contributed by atoms with Gasteiger partial charge in [0.15, 0.2) is 0 Å². The summed E-state index contributed by atoms with van der Waals surface area (Å²) in [6, 6.07) is 23.1. The van der Waals surface area contributed by atoms with Crippen LogP contribution in [0.15, 0.2) is 78.9 Å². The van der Waals surface area contributed by atoms with Crippen molar-refractivity contribution in [3.8, 4) is 0 Å². The van der Waals surface area contributed by atoms with Crippen LogP contribution in [-0.4, -0.2) is 50.0 Å². The number of rotatable bonds is 12. The molecule has 0 unspecified atom stereocenters. The number of hydrogen-bond acceptors (Lipinski definition) is 4. The molecule has 1 atom stereocenters. The van der Waals surface area contributed by atoms with Crippen LogP contribution in [0.3, 0.4) is 0 Å². The monoisotopic (exact) mass is 609 g/mol. The van der Waals surface area contributed by atoms with Crippen LogP contribution >= 0.6 is 11.6 Å². The van der Waals surface area contributed by atoms with Crippen molar-refractivity contribution in [3.63, 3.8) is 0 Å². The Morgan fingerprint density at radius 1 is 0.929 bits per heavy atom. The molecule has 7 nitrogen and oxygen atoms in total. The maximum absolute atomic E-state index is 14.2. The molecule has 0 aromatic heterocycles. The van der Waals surface area contributed by atoms with E-state index in [4.69, 9.17) is 11.6 Å². The normalized spacial score (nSPS) is 14.5. The minimum Gasteiger partial charge on any atom is -0.352 e. The molecule has 1 N–H and O–H groups in total. The molecule has 1 fully saturated rings. The maximum Gasteiger partial charge on any atom is 0.244 e. The van der Waals surface area contributed by atoms with Gasteiger partial charge in [0.2, 0.25) is 21.8 Å². The Kier molecular flexibility index (Phi) is 10.7. The van der Waals surface area contributed by atoms with Crippen LogP contribution in [0.2, 0.25) is 5.02 Å². The second kappa shape index (κ2) is 14.2. The Balaban J connectivity index is 1.72. The highest BCUT2D eigenvalue weighted by Gasteiger charge is 2.34. The van der Waals surface area contributed by atoms with Gasteiger partial charge in [0, 0.05) is 24.0 Å². The lowest BCUT2D eigenvalue weighted by molar-refractivity contribution is -0.140. The highest BCUT2D eigenvalue weighted by Crippen LogP contribution is 2.25. The van der Waals surface area contributed by atoms with Crippen LogP contribution in [0.5, 0.6) is 0 Å². The van der Waals surface area contributed by atoms with E-state index in [-0.39, 0.29) is 30.8 Å². The lowest BCUT2D eigenvalue weighted by Gasteiger charge is -2.34. The molecular weight excluding hydrogens is 570 g/mol. The van der Waals surface area contributed by atoms with Crippen LogP contribution in [0.25, 0.3) is 0 Å². The number of halogens is 1. The fraction of sp³-hybridized carbons (Fsp3) is 0.394. The summed E-state index contributed by atoms with van der Waals surface area (Å²) in [5, 5.41) is 3.64. The molecule has 4 rings (SSSR count). The van der Waals surface area contributed by atoms with Gasteiger partial charge in [-0.1, -0.05) is 99.0 Å². The molecule has 0 saturated heterocycles. The van der Waals surface area contributed by atoms with E-state index >= 15 is 0 Å².